The van der Waals surface area contributed by atoms with Crippen LogP contribution in [0.5, 0.6) is 0 Å². The minimum atomic E-state index is -0.0432. The van der Waals surface area contributed by atoms with Gasteiger partial charge in [-0.1, -0.05) is 18.2 Å². The summed E-state index contributed by atoms with van der Waals surface area (Å²) in [6.45, 7) is 2.91. The highest BCUT2D eigenvalue weighted by Crippen LogP contribution is 2.17. The molecule has 0 unspecified atom stereocenters. The lowest BCUT2D eigenvalue weighted by Crippen LogP contribution is -2.37. The fourth-order valence-corrected chi connectivity index (χ4v) is 2.79. The Labute approximate surface area is 121 Å². The number of fused-ring (bicyclic) bond motifs is 3. The van der Waals surface area contributed by atoms with Crippen LogP contribution in [-0.2, 0) is 4.74 Å². The Morgan fingerprint density at radius 2 is 1.86 bits per heavy atom. The molecule has 1 aromatic carbocycles. The van der Waals surface area contributed by atoms with Crippen LogP contribution in [0.1, 0.15) is 0 Å². The van der Waals surface area contributed by atoms with Crippen molar-refractivity contribution in [2.45, 2.75) is 0 Å². The molecule has 4 rings (SSSR count). The standard InChI is InChI=1S/C16H15N3O2/c20-16-11-15(18-7-9-21-10-8-18)17-14-6-5-12-3-1-2-4-13(12)19(14)16/h1-6,11H,7-10H2. The average Bonchev–Trinajstić information content (AvgIpc) is 2.55. The van der Waals surface area contributed by atoms with E-state index in [9.17, 15) is 4.79 Å². The fraction of sp³-hybridized carbons (Fsp3) is 0.250. The van der Waals surface area contributed by atoms with Gasteiger partial charge in [0, 0.05) is 19.2 Å². The quantitative estimate of drug-likeness (QED) is 0.637. The van der Waals surface area contributed by atoms with Crippen LogP contribution in [0.3, 0.4) is 0 Å². The molecular formula is C16H15N3O2. The van der Waals surface area contributed by atoms with Crippen LogP contribution in [0.2, 0.25) is 0 Å². The summed E-state index contributed by atoms with van der Waals surface area (Å²) in [5.74, 6) is 0.735. The Balaban J connectivity index is 1.94. The van der Waals surface area contributed by atoms with Crippen molar-refractivity contribution < 1.29 is 4.74 Å². The molecule has 0 bridgehead atoms. The third-order valence-electron chi connectivity index (χ3n) is 3.86. The summed E-state index contributed by atoms with van der Waals surface area (Å²) in [5, 5.41) is 1.04. The maximum absolute atomic E-state index is 12.5. The lowest BCUT2D eigenvalue weighted by Gasteiger charge is -2.27. The van der Waals surface area contributed by atoms with Gasteiger partial charge in [-0.15, -0.1) is 0 Å². The second-order valence-corrected chi connectivity index (χ2v) is 5.14. The summed E-state index contributed by atoms with van der Waals surface area (Å²) in [6, 6.07) is 13.4. The van der Waals surface area contributed by atoms with Crippen LogP contribution < -0.4 is 10.5 Å². The molecule has 0 aliphatic carbocycles. The van der Waals surface area contributed by atoms with Gasteiger partial charge < -0.3 is 9.64 Å². The first-order valence-corrected chi connectivity index (χ1v) is 7.07. The van der Waals surface area contributed by atoms with Crippen molar-refractivity contribution >= 4 is 22.4 Å². The number of para-hydroxylation sites is 1. The van der Waals surface area contributed by atoms with Crippen molar-refractivity contribution in [1.82, 2.24) is 9.38 Å². The van der Waals surface area contributed by atoms with E-state index in [4.69, 9.17) is 4.74 Å². The van der Waals surface area contributed by atoms with E-state index in [2.05, 4.69) is 9.88 Å². The van der Waals surface area contributed by atoms with Gasteiger partial charge in [0.05, 0.1) is 18.7 Å². The van der Waals surface area contributed by atoms with Gasteiger partial charge in [-0.25, -0.2) is 4.98 Å². The average molecular weight is 281 g/mol. The van der Waals surface area contributed by atoms with Gasteiger partial charge in [0.25, 0.3) is 5.56 Å². The Morgan fingerprint density at radius 1 is 1.05 bits per heavy atom. The lowest BCUT2D eigenvalue weighted by molar-refractivity contribution is 0.122. The van der Waals surface area contributed by atoms with E-state index in [-0.39, 0.29) is 5.56 Å². The number of anilines is 1. The van der Waals surface area contributed by atoms with Crippen molar-refractivity contribution in [1.29, 1.82) is 0 Å². The molecule has 0 radical (unpaired) electrons. The molecule has 1 aliphatic heterocycles. The number of ether oxygens (including phenoxy) is 1. The highest BCUT2D eigenvalue weighted by molar-refractivity contribution is 5.81. The minimum Gasteiger partial charge on any atom is -0.378 e. The van der Waals surface area contributed by atoms with Gasteiger partial charge >= 0.3 is 0 Å². The van der Waals surface area contributed by atoms with Crippen LogP contribution in [-0.4, -0.2) is 35.7 Å². The summed E-state index contributed by atoms with van der Waals surface area (Å²) < 4.78 is 7.01. The number of hydrogen-bond donors (Lipinski definition) is 0. The molecular weight excluding hydrogens is 266 g/mol. The minimum absolute atomic E-state index is 0.0432. The number of aromatic nitrogens is 2. The molecule has 2 aromatic heterocycles. The Bertz CT molecular complexity index is 866. The second-order valence-electron chi connectivity index (χ2n) is 5.14. The lowest BCUT2D eigenvalue weighted by atomic mass is 10.2. The van der Waals surface area contributed by atoms with Crippen LogP contribution in [0.15, 0.2) is 47.3 Å². The third kappa shape index (κ3) is 2.06. The highest BCUT2D eigenvalue weighted by atomic mass is 16.5. The SMILES string of the molecule is O=c1cc(N2CCOCC2)nc2ccc3ccccc3n12. The summed E-state index contributed by atoms with van der Waals surface area (Å²) in [6.07, 6.45) is 0. The van der Waals surface area contributed by atoms with Crippen molar-refractivity contribution in [3.63, 3.8) is 0 Å². The molecule has 3 aromatic rings. The number of rotatable bonds is 1. The summed E-state index contributed by atoms with van der Waals surface area (Å²) in [5.41, 5.74) is 1.53. The first-order valence-electron chi connectivity index (χ1n) is 7.07. The smallest absolute Gasteiger partial charge is 0.260 e. The molecule has 0 atom stereocenters. The van der Waals surface area contributed by atoms with E-state index in [0.717, 1.165) is 29.8 Å². The maximum Gasteiger partial charge on any atom is 0.260 e. The van der Waals surface area contributed by atoms with Gasteiger partial charge in [-0.3, -0.25) is 9.20 Å². The highest BCUT2D eigenvalue weighted by Gasteiger charge is 2.14. The largest absolute Gasteiger partial charge is 0.378 e. The maximum atomic E-state index is 12.5. The van der Waals surface area contributed by atoms with Crippen molar-refractivity contribution in [2.75, 3.05) is 31.2 Å². The van der Waals surface area contributed by atoms with E-state index in [1.807, 2.05) is 36.4 Å². The molecule has 106 valence electrons. The second kappa shape index (κ2) is 4.86. The molecule has 0 N–H and O–H groups in total. The molecule has 1 saturated heterocycles. The molecule has 21 heavy (non-hydrogen) atoms. The van der Waals surface area contributed by atoms with E-state index < -0.39 is 0 Å². The number of hydrogen-bond acceptors (Lipinski definition) is 4. The fourth-order valence-electron chi connectivity index (χ4n) is 2.79. The molecule has 5 heteroatoms. The zero-order valence-corrected chi connectivity index (χ0v) is 11.5. The first-order chi connectivity index (χ1) is 10.3. The normalized spacial score (nSPS) is 15.7. The number of benzene rings is 1. The van der Waals surface area contributed by atoms with Gasteiger partial charge in [-0.2, -0.15) is 0 Å². The molecule has 1 fully saturated rings. The zero-order valence-electron chi connectivity index (χ0n) is 11.5. The van der Waals surface area contributed by atoms with E-state index in [1.54, 1.807) is 10.5 Å². The summed E-state index contributed by atoms with van der Waals surface area (Å²) in [7, 11) is 0. The first kappa shape index (κ1) is 12.3. The van der Waals surface area contributed by atoms with Gasteiger partial charge in [0.2, 0.25) is 0 Å². The van der Waals surface area contributed by atoms with Crippen LogP contribution in [0.4, 0.5) is 5.82 Å². The Hall–Kier alpha value is -2.40. The molecule has 5 nitrogen and oxygen atoms in total. The predicted octanol–water partition coefficient (Wildman–Crippen LogP) is 1.68. The predicted molar refractivity (Wildman–Crippen MR) is 82.0 cm³/mol. The van der Waals surface area contributed by atoms with Gasteiger partial charge in [-0.05, 0) is 23.6 Å². The summed E-state index contributed by atoms with van der Waals surface area (Å²) >= 11 is 0. The van der Waals surface area contributed by atoms with Gasteiger partial charge in [0.1, 0.15) is 11.5 Å². The zero-order chi connectivity index (χ0) is 14.2. The molecule has 0 spiro atoms. The third-order valence-corrected chi connectivity index (χ3v) is 3.86. The Kier molecular flexibility index (Phi) is 2.86. The number of nitrogens with zero attached hydrogens (tertiary/aromatic N) is 3. The summed E-state index contributed by atoms with van der Waals surface area (Å²) in [4.78, 5) is 19.3. The van der Waals surface area contributed by atoms with E-state index >= 15 is 0 Å². The molecule has 0 amide bonds. The van der Waals surface area contributed by atoms with Gasteiger partial charge in [0.15, 0.2) is 0 Å². The van der Waals surface area contributed by atoms with Crippen molar-refractivity contribution in [3.05, 3.63) is 52.8 Å². The van der Waals surface area contributed by atoms with E-state index in [0.29, 0.717) is 18.9 Å². The topological polar surface area (TPSA) is 46.8 Å². The van der Waals surface area contributed by atoms with Crippen LogP contribution >= 0.6 is 0 Å². The van der Waals surface area contributed by atoms with Crippen LogP contribution in [0.25, 0.3) is 16.6 Å². The number of pyridine rings is 1. The Morgan fingerprint density at radius 3 is 2.71 bits per heavy atom. The van der Waals surface area contributed by atoms with Crippen molar-refractivity contribution in [2.24, 2.45) is 0 Å². The van der Waals surface area contributed by atoms with E-state index in [1.165, 1.54) is 0 Å². The van der Waals surface area contributed by atoms with Crippen molar-refractivity contribution in [3.8, 4) is 0 Å². The monoisotopic (exact) mass is 281 g/mol. The van der Waals surface area contributed by atoms with Crippen LogP contribution in [0, 0.1) is 0 Å². The molecule has 1 aliphatic rings. The number of morpholine rings is 1. The molecule has 3 heterocycles. The molecule has 0 saturated carbocycles.